The summed E-state index contributed by atoms with van der Waals surface area (Å²) >= 11 is 0. The Morgan fingerprint density at radius 3 is 2.37 bits per heavy atom. The van der Waals surface area contributed by atoms with Gasteiger partial charge in [-0.2, -0.15) is 0 Å². The van der Waals surface area contributed by atoms with E-state index in [1.165, 1.54) is 16.1 Å². The van der Waals surface area contributed by atoms with Gasteiger partial charge in [-0.1, -0.05) is 26.0 Å². The first kappa shape index (κ1) is 21.8. The zero-order chi connectivity index (χ0) is 19.9. The summed E-state index contributed by atoms with van der Waals surface area (Å²) in [6.45, 7) is 8.42. The van der Waals surface area contributed by atoms with E-state index in [2.05, 4.69) is 24.1 Å². The van der Waals surface area contributed by atoms with Crippen LogP contribution in [0.25, 0.3) is 0 Å². The van der Waals surface area contributed by atoms with E-state index in [1.807, 2.05) is 24.3 Å². The van der Waals surface area contributed by atoms with Crippen molar-refractivity contribution in [2.75, 3.05) is 57.5 Å². The van der Waals surface area contributed by atoms with Crippen LogP contribution in [0.15, 0.2) is 24.3 Å². The minimum atomic E-state index is -3.35. The van der Waals surface area contributed by atoms with Crippen LogP contribution in [0.4, 0.5) is 5.69 Å². The van der Waals surface area contributed by atoms with Crippen molar-refractivity contribution in [2.45, 2.75) is 26.2 Å². The molecule has 1 aromatic rings. The lowest BCUT2D eigenvalue weighted by Crippen LogP contribution is -2.43. The SMILES string of the molecule is CC(C)c1ccc(NC(=O)CCN(CCN2CCOCC2)S(C)(=O)=O)cc1. The molecule has 1 saturated heterocycles. The fourth-order valence-electron chi connectivity index (χ4n) is 2.92. The van der Waals surface area contributed by atoms with Crippen LogP contribution in [-0.2, 0) is 19.6 Å². The number of rotatable bonds is 9. The second-order valence-corrected chi connectivity index (χ2v) is 9.17. The number of amides is 1. The van der Waals surface area contributed by atoms with Gasteiger partial charge in [0.2, 0.25) is 15.9 Å². The lowest BCUT2D eigenvalue weighted by molar-refractivity contribution is -0.116. The number of morpholine rings is 1. The van der Waals surface area contributed by atoms with Crippen molar-refractivity contribution < 1.29 is 17.9 Å². The Balaban J connectivity index is 1.83. The standard InChI is InChI=1S/C19H31N3O4S/c1-16(2)17-4-6-18(7-5-17)20-19(23)8-9-22(27(3,24)25)11-10-21-12-14-26-15-13-21/h4-7,16H,8-15H2,1-3H3,(H,20,23). The van der Waals surface area contributed by atoms with Crippen molar-refractivity contribution in [1.29, 1.82) is 0 Å². The number of carbonyl (C=O) groups is 1. The summed E-state index contributed by atoms with van der Waals surface area (Å²) in [6, 6.07) is 7.73. The van der Waals surface area contributed by atoms with Crippen LogP contribution in [-0.4, -0.2) is 75.7 Å². The topological polar surface area (TPSA) is 79.0 Å². The zero-order valence-corrected chi connectivity index (χ0v) is 17.3. The molecule has 8 heteroatoms. The lowest BCUT2D eigenvalue weighted by Gasteiger charge is -2.29. The van der Waals surface area contributed by atoms with Gasteiger partial charge in [-0.05, 0) is 23.6 Å². The van der Waals surface area contributed by atoms with Crippen molar-refractivity contribution >= 4 is 21.6 Å². The Morgan fingerprint density at radius 2 is 1.81 bits per heavy atom. The summed E-state index contributed by atoms with van der Waals surface area (Å²) in [5, 5.41) is 2.83. The largest absolute Gasteiger partial charge is 0.379 e. The van der Waals surface area contributed by atoms with E-state index in [0.29, 0.717) is 32.2 Å². The second-order valence-electron chi connectivity index (χ2n) is 7.19. The third-order valence-electron chi connectivity index (χ3n) is 4.69. The van der Waals surface area contributed by atoms with Gasteiger partial charge in [0.05, 0.1) is 19.5 Å². The number of nitrogens with one attached hydrogen (secondary N) is 1. The number of nitrogens with zero attached hydrogens (tertiary/aromatic N) is 2. The summed E-state index contributed by atoms with van der Waals surface area (Å²) in [5.74, 6) is 0.247. The highest BCUT2D eigenvalue weighted by Gasteiger charge is 2.20. The van der Waals surface area contributed by atoms with Crippen LogP contribution in [0.1, 0.15) is 31.7 Å². The molecule has 152 valence electrons. The quantitative estimate of drug-likeness (QED) is 0.687. The van der Waals surface area contributed by atoms with Crippen LogP contribution >= 0.6 is 0 Å². The predicted molar refractivity (Wildman–Crippen MR) is 107 cm³/mol. The second kappa shape index (κ2) is 10.2. The molecule has 1 aliphatic rings. The molecule has 1 heterocycles. The normalized spacial score (nSPS) is 16.0. The van der Waals surface area contributed by atoms with E-state index in [1.54, 1.807) is 0 Å². The zero-order valence-electron chi connectivity index (χ0n) is 16.5. The molecule has 1 aromatic carbocycles. The van der Waals surface area contributed by atoms with Gasteiger partial charge in [0.25, 0.3) is 0 Å². The number of hydrogen-bond acceptors (Lipinski definition) is 5. The van der Waals surface area contributed by atoms with E-state index in [9.17, 15) is 13.2 Å². The third-order valence-corrected chi connectivity index (χ3v) is 5.99. The highest BCUT2D eigenvalue weighted by molar-refractivity contribution is 7.88. The fraction of sp³-hybridized carbons (Fsp3) is 0.632. The molecule has 1 aliphatic heterocycles. The van der Waals surface area contributed by atoms with Crippen LogP contribution in [0.2, 0.25) is 0 Å². The van der Waals surface area contributed by atoms with Gasteiger partial charge in [0.1, 0.15) is 0 Å². The van der Waals surface area contributed by atoms with Crippen molar-refractivity contribution in [2.24, 2.45) is 0 Å². The highest BCUT2D eigenvalue weighted by atomic mass is 32.2. The fourth-order valence-corrected chi connectivity index (χ4v) is 3.76. The Bertz CT molecular complexity index is 698. The molecule has 1 N–H and O–H groups in total. The van der Waals surface area contributed by atoms with Crippen LogP contribution in [0.3, 0.4) is 0 Å². The average Bonchev–Trinajstić information content (AvgIpc) is 2.62. The van der Waals surface area contributed by atoms with Gasteiger partial charge in [-0.3, -0.25) is 9.69 Å². The Labute approximate surface area is 162 Å². The number of benzene rings is 1. The Morgan fingerprint density at radius 1 is 1.19 bits per heavy atom. The average molecular weight is 398 g/mol. The van der Waals surface area contributed by atoms with Gasteiger partial charge >= 0.3 is 0 Å². The minimum absolute atomic E-state index is 0.127. The highest BCUT2D eigenvalue weighted by Crippen LogP contribution is 2.17. The molecular formula is C19H31N3O4S. The summed E-state index contributed by atoms with van der Waals surface area (Å²) in [5.41, 5.74) is 1.93. The van der Waals surface area contributed by atoms with Crippen molar-refractivity contribution in [1.82, 2.24) is 9.21 Å². The Kier molecular flexibility index (Phi) is 8.22. The van der Waals surface area contributed by atoms with Crippen LogP contribution in [0.5, 0.6) is 0 Å². The summed E-state index contributed by atoms with van der Waals surface area (Å²) < 4.78 is 30.7. The monoisotopic (exact) mass is 397 g/mol. The molecule has 0 saturated carbocycles. The molecule has 7 nitrogen and oxygen atoms in total. The summed E-state index contributed by atoms with van der Waals surface area (Å²) in [4.78, 5) is 14.4. The van der Waals surface area contributed by atoms with Crippen molar-refractivity contribution in [3.05, 3.63) is 29.8 Å². The Hall–Kier alpha value is -1.48. The van der Waals surface area contributed by atoms with Gasteiger partial charge in [0, 0.05) is 44.8 Å². The van der Waals surface area contributed by atoms with Gasteiger partial charge in [-0.25, -0.2) is 12.7 Å². The molecule has 0 aromatic heterocycles. The van der Waals surface area contributed by atoms with E-state index in [0.717, 1.165) is 18.8 Å². The molecule has 1 fully saturated rings. The number of anilines is 1. The summed E-state index contributed by atoms with van der Waals surface area (Å²) in [7, 11) is -3.35. The van der Waals surface area contributed by atoms with Gasteiger partial charge < -0.3 is 10.1 Å². The molecule has 0 bridgehead atoms. The summed E-state index contributed by atoms with van der Waals surface area (Å²) in [6.07, 6.45) is 1.32. The molecule has 0 unspecified atom stereocenters. The smallest absolute Gasteiger partial charge is 0.225 e. The van der Waals surface area contributed by atoms with E-state index >= 15 is 0 Å². The maximum absolute atomic E-state index is 12.2. The van der Waals surface area contributed by atoms with Gasteiger partial charge in [-0.15, -0.1) is 0 Å². The number of sulfonamides is 1. The first-order valence-electron chi connectivity index (χ1n) is 9.41. The first-order chi connectivity index (χ1) is 12.8. The minimum Gasteiger partial charge on any atom is -0.379 e. The van der Waals surface area contributed by atoms with Crippen LogP contribution < -0.4 is 5.32 Å². The molecule has 0 spiro atoms. The van der Waals surface area contributed by atoms with E-state index in [4.69, 9.17) is 4.74 Å². The van der Waals surface area contributed by atoms with E-state index < -0.39 is 10.0 Å². The lowest BCUT2D eigenvalue weighted by atomic mass is 10.0. The molecule has 0 aliphatic carbocycles. The van der Waals surface area contributed by atoms with Crippen molar-refractivity contribution in [3.63, 3.8) is 0 Å². The molecule has 2 rings (SSSR count). The van der Waals surface area contributed by atoms with Crippen LogP contribution in [0, 0.1) is 0 Å². The van der Waals surface area contributed by atoms with Crippen molar-refractivity contribution in [3.8, 4) is 0 Å². The first-order valence-corrected chi connectivity index (χ1v) is 11.3. The molecule has 0 radical (unpaired) electrons. The predicted octanol–water partition coefficient (Wildman–Crippen LogP) is 1.73. The molecular weight excluding hydrogens is 366 g/mol. The maximum atomic E-state index is 12.2. The number of ether oxygens (including phenoxy) is 1. The maximum Gasteiger partial charge on any atom is 0.225 e. The molecule has 27 heavy (non-hydrogen) atoms. The van der Waals surface area contributed by atoms with E-state index in [-0.39, 0.29) is 18.9 Å². The molecule has 1 amide bonds. The number of hydrogen-bond donors (Lipinski definition) is 1. The van der Waals surface area contributed by atoms with Gasteiger partial charge in [0.15, 0.2) is 0 Å². The number of carbonyl (C=O) groups excluding carboxylic acids is 1. The third kappa shape index (κ3) is 7.57. The molecule has 0 atom stereocenters.